The normalized spacial score (nSPS) is 24.3. The predicted molar refractivity (Wildman–Crippen MR) is 85.1 cm³/mol. The summed E-state index contributed by atoms with van der Waals surface area (Å²) in [5.41, 5.74) is 2.71. The van der Waals surface area contributed by atoms with Gasteiger partial charge in [0.2, 0.25) is 0 Å². The number of rotatable bonds is 4. The molecule has 2 aromatic heterocycles. The lowest BCUT2D eigenvalue weighted by molar-refractivity contribution is 0.0754. The summed E-state index contributed by atoms with van der Waals surface area (Å²) in [6.45, 7) is 2.95. The molecule has 3 heterocycles. The van der Waals surface area contributed by atoms with Crippen LogP contribution in [-0.4, -0.2) is 49.9 Å². The maximum Gasteiger partial charge on any atom is 0.270 e. The van der Waals surface area contributed by atoms with Gasteiger partial charge in [0.25, 0.3) is 5.91 Å². The van der Waals surface area contributed by atoms with Crippen LogP contribution in [0, 0.1) is 12.8 Å². The van der Waals surface area contributed by atoms with Gasteiger partial charge in [-0.25, -0.2) is 0 Å². The van der Waals surface area contributed by atoms with Gasteiger partial charge in [-0.2, -0.15) is 5.10 Å². The van der Waals surface area contributed by atoms with Crippen molar-refractivity contribution in [3.63, 3.8) is 0 Å². The molecule has 2 atom stereocenters. The van der Waals surface area contributed by atoms with E-state index in [0.29, 0.717) is 25.6 Å². The first-order valence-corrected chi connectivity index (χ1v) is 8.27. The molecule has 1 amide bonds. The van der Waals surface area contributed by atoms with Gasteiger partial charge >= 0.3 is 0 Å². The Hall–Kier alpha value is -2.08. The predicted octanol–water partition coefficient (Wildman–Crippen LogP) is 1.53. The fourth-order valence-electron chi connectivity index (χ4n) is 3.48. The standard InChI is InChI=1S/C17H22N4O2/c1-11-7-13(19-18-11)8-12-9-20(10-16(12)22)17(23)15-3-2-6-21(15)14-4-5-14/h2-3,6-7,12,14,16,22H,4-5,8-10H2,1H3,(H,18,19)/t12-,16-/m1/s1. The first-order chi connectivity index (χ1) is 11.1. The number of likely N-dealkylation sites (tertiary alicyclic amines) is 1. The molecule has 0 radical (unpaired) electrons. The summed E-state index contributed by atoms with van der Waals surface area (Å²) in [6.07, 6.45) is 4.50. The van der Waals surface area contributed by atoms with E-state index in [0.717, 1.165) is 29.9 Å². The molecular weight excluding hydrogens is 292 g/mol. The Kier molecular flexibility index (Phi) is 3.49. The Morgan fingerprint density at radius 1 is 1.43 bits per heavy atom. The Balaban J connectivity index is 1.46. The second-order valence-electron chi connectivity index (χ2n) is 6.82. The van der Waals surface area contributed by atoms with E-state index >= 15 is 0 Å². The number of carbonyl (C=O) groups excluding carboxylic acids is 1. The van der Waals surface area contributed by atoms with Crippen LogP contribution in [0.1, 0.15) is 40.8 Å². The van der Waals surface area contributed by atoms with Crippen LogP contribution in [0.5, 0.6) is 0 Å². The number of aliphatic hydroxyl groups excluding tert-OH is 1. The van der Waals surface area contributed by atoms with Crippen molar-refractivity contribution in [2.45, 2.75) is 38.3 Å². The summed E-state index contributed by atoms with van der Waals surface area (Å²) >= 11 is 0. The lowest BCUT2D eigenvalue weighted by Crippen LogP contribution is -2.31. The topological polar surface area (TPSA) is 74.2 Å². The molecule has 2 fully saturated rings. The van der Waals surface area contributed by atoms with Gasteiger partial charge in [-0.3, -0.25) is 9.89 Å². The molecule has 1 saturated carbocycles. The van der Waals surface area contributed by atoms with Gasteiger partial charge in [0.05, 0.1) is 11.8 Å². The lowest BCUT2D eigenvalue weighted by Gasteiger charge is -2.17. The number of carbonyl (C=O) groups is 1. The van der Waals surface area contributed by atoms with Gasteiger partial charge in [0.1, 0.15) is 5.69 Å². The summed E-state index contributed by atoms with van der Waals surface area (Å²) < 4.78 is 2.08. The number of amides is 1. The average Bonchev–Trinajstić information content (AvgIpc) is 2.93. The molecule has 6 nitrogen and oxygen atoms in total. The number of β-amino-alcohol motifs (C(OH)–C–C–N with tert-alkyl or cyclic N) is 1. The van der Waals surface area contributed by atoms with Crippen molar-refractivity contribution in [3.05, 3.63) is 41.5 Å². The Morgan fingerprint density at radius 3 is 2.96 bits per heavy atom. The largest absolute Gasteiger partial charge is 0.391 e. The fraction of sp³-hybridized carbons (Fsp3) is 0.529. The maximum absolute atomic E-state index is 12.8. The fourth-order valence-corrected chi connectivity index (χ4v) is 3.48. The number of H-pyrrole nitrogens is 1. The molecule has 2 aliphatic rings. The quantitative estimate of drug-likeness (QED) is 0.899. The number of nitrogens with zero attached hydrogens (tertiary/aromatic N) is 3. The number of aryl methyl sites for hydroxylation is 1. The lowest BCUT2D eigenvalue weighted by atomic mass is 10.0. The van der Waals surface area contributed by atoms with Crippen molar-refractivity contribution in [2.75, 3.05) is 13.1 Å². The highest BCUT2D eigenvalue weighted by Crippen LogP contribution is 2.36. The zero-order valence-electron chi connectivity index (χ0n) is 13.3. The maximum atomic E-state index is 12.8. The molecule has 0 spiro atoms. The monoisotopic (exact) mass is 314 g/mol. The van der Waals surface area contributed by atoms with Crippen molar-refractivity contribution < 1.29 is 9.90 Å². The van der Waals surface area contributed by atoms with E-state index in [1.165, 1.54) is 0 Å². The Labute approximate surface area is 135 Å². The average molecular weight is 314 g/mol. The minimum absolute atomic E-state index is 0.0293. The molecule has 6 heteroatoms. The Morgan fingerprint density at radius 2 is 2.26 bits per heavy atom. The van der Waals surface area contributed by atoms with Crippen LogP contribution in [0.15, 0.2) is 24.4 Å². The van der Waals surface area contributed by atoms with Gasteiger partial charge in [-0.1, -0.05) is 0 Å². The molecular formula is C17H22N4O2. The van der Waals surface area contributed by atoms with Crippen LogP contribution in [-0.2, 0) is 6.42 Å². The second-order valence-corrected chi connectivity index (χ2v) is 6.82. The molecule has 1 aliphatic carbocycles. The van der Waals surface area contributed by atoms with E-state index in [2.05, 4.69) is 14.8 Å². The highest BCUT2D eigenvalue weighted by atomic mass is 16.3. The molecule has 23 heavy (non-hydrogen) atoms. The highest BCUT2D eigenvalue weighted by molar-refractivity contribution is 5.93. The van der Waals surface area contributed by atoms with Crippen LogP contribution in [0.25, 0.3) is 0 Å². The first kappa shape index (κ1) is 14.5. The van der Waals surface area contributed by atoms with Crippen molar-refractivity contribution in [2.24, 2.45) is 5.92 Å². The van der Waals surface area contributed by atoms with Gasteiger partial charge in [0, 0.05) is 36.9 Å². The third-order valence-electron chi connectivity index (χ3n) is 4.86. The first-order valence-electron chi connectivity index (χ1n) is 8.27. The molecule has 1 aliphatic heterocycles. The van der Waals surface area contributed by atoms with Crippen molar-refractivity contribution in [1.82, 2.24) is 19.7 Å². The minimum atomic E-state index is -0.486. The third kappa shape index (κ3) is 2.79. The van der Waals surface area contributed by atoms with Crippen molar-refractivity contribution in [1.29, 1.82) is 0 Å². The zero-order chi connectivity index (χ0) is 16.0. The summed E-state index contributed by atoms with van der Waals surface area (Å²) in [7, 11) is 0. The smallest absolute Gasteiger partial charge is 0.270 e. The number of aromatic amines is 1. The molecule has 0 aromatic carbocycles. The number of hydrogen-bond donors (Lipinski definition) is 2. The zero-order valence-corrected chi connectivity index (χ0v) is 13.3. The van der Waals surface area contributed by atoms with Crippen LogP contribution >= 0.6 is 0 Å². The van der Waals surface area contributed by atoms with Gasteiger partial charge < -0.3 is 14.6 Å². The summed E-state index contributed by atoms with van der Waals surface area (Å²) in [6, 6.07) is 6.30. The van der Waals surface area contributed by atoms with Crippen LogP contribution in [0.4, 0.5) is 0 Å². The number of aliphatic hydroxyl groups is 1. The highest BCUT2D eigenvalue weighted by Gasteiger charge is 2.36. The summed E-state index contributed by atoms with van der Waals surface area (Å²) in [5, 5.41) is 17.5. The minimum Gasteiger partial charge on any atom is -0.391 e. The van der Waals surface area contributed by atoms with Crippen LogP contribution < -0.4 is 0 Å². The number of aromatic nitrogens is 3. The molecule has 4 rings (SSSR count). The van der Waals surface area contributed by atoms with E-state index in [9.17, 15) is 9.90 Å². The van der Waals surface area contributed by atoms with E-state index in [1.807, 2.05) is 31.3 Å². The van der Waals surface area contributed by atoms with Crippen LogP contribution in [0.2, 0.25) is 0 Å². The summed E-state index contributed by atoms with van der Waals surface area (Å²) in [4.78, 5) is 14.6. The SMILES string of the molecule is Cc1cc(C[C@@H]2CN(C(=O)c3cccn3C3CC3)C[C@H]2O)n[nH]1. The molecule has 2 aromatic rings. The molecule has 2 N–H and O–H groups in total. The van der Waals surface area contributed by atoms with Gasteiger partial charge in [0.15, 0.2) is 0 Å². The van der Waals surface area contributed by atoms with Crippen LogP contribution in [0.3, 0.4) is 0 Å². The second kappa shape index (κ2) is 5.53. The molecule has 0 unspecified atom stereocenters. The van der Waals surface area contributed by atoms with E-state index < -0.39 is 6.10 Å². The van der Waals surface area contributed by atoms with Crippen molar-refractivity contribution in [3.8, 4) is 0 Å². The number of nitrogens with one attached hydrogen (secondary N) is 1. The molecule has 0 bridgehead atoms. The van der Waals surface area contributed by atoms with Gasteiger partial charge in [-0.05, 0) is 44.4 Å². The van der Waals surface area contributed by atoms with E-state index in [1.54, 1.807) is 4.90 Å². The van der Waals surface area contributed by atoms with E-state index in [4.69, 9.17) is 0 Å². The van der Waals surface area contributed by atoms with Crippen molar-refractivity contribution >= 4 is 5.91 Å². The Bertz CT molecular complexity index is 716. The summed E-state index contributed by atoms with van der Waals surface area (Å²) in [5.74, 6) is 0.0765. The number of hydrogen-bond acceptors (Lipinski definition) is 3. The van der Waals surface area contributed by atoms with Gasteiger partial charge in [-0.15, -0.1) is 0 Å². The molecule has 1 saturated heterocycles. The molecule has 122 valence electrons. The third-order valence-corrected chi connectivity index (χ3v) is 4.86. The van der Waals surface area contributed by atoms with E-state index in [-0.39, 0.29) is 11.8 Å².